The first kappa shape index (κ1) is 35.2. The summed E-state index contributed by atoms with van der Waals surface area (Å²) in [5.41, 5.74) is 4.92. The molecular weight excluding hydrogens is 675 g/mol. The Morgan fingerprint density at radius 2 is 1.88 bits per heavy atom. The third kappa shape index (κ3) is 7.25. The van der Waals surface area contributed by atoms with Crippen LogP contribution >= 0.6 is 0 Å². The molecule has 1 saturated heterocycles. The first-order valence-corrected chi connectivity index (χ1v) is 21.7. The van der Waals surface area contributed by atoms with Crippen LogP contribution in [0, 0.1) is 18.8 Å². The van der Waals surface area contributed by atoms with Gasteiger partial charge in [0.05, 0.1) is 39.6 Å². The summed E-state index contributed by atoms with van der Waals surface area (Å²) in [6, 6.07) is 12.2. The lowest BCUT2D eigenvalue weighted by Gasteiger charge is -2.46. The smallest absolute Gasteiger partial charge is 0.285 e. The van der Waals surface area contributed by atoms with E-state index in [9.17, 15) is 22.2 Å². The molecule has 7 rings (SSSR count). The SMILES string of the molecule is CO[C@H]1/C=C/CCC[S@@](=O)(CC(=O)N2CCS(=O)(=O)CC2)=NC(=O)c2ccc3c(c2)N(C[C@@H]2CC[C@H]21)C[C@@]1(CCCc2cc(C)ccc21)CO3. The second-order valence-corrected chi connectivity index (χ2v) is 19.7. The zero-order valence-electron chi connectivity index (χ0n) is 29.2. The molecule has 3 heterocycles. The van der Waals surface area contributed by atoms with Crippen molar-refractivity contribution in [3.05, 3.63) is 70.8 Å². The lowest BCUT2D eigenvalue weighted by Crippen LogP contribution is -2.49. The minimum Gasteiger partial charge on any atom is -0.490 e. The van der Waals surface area contributed by atoms with Gasteiger partial charge in [-0.3, -0.25) is 9.59 Å². The maximum atomic E-state index is 14.4. The summed E-state index contributed by atoms with van der Waals surface area (Å²) in [4.78, 5) is 31.1. The van der Waals surface area contributed by atoms with E-state index in [1.54, 1.807) is 13.2 Å². The maximum Gasteiger partial charge on any atom is 0.285 e. The molecule has 2 aromatic rings. The van der Waals surface area contributed by atoms with Gasteiger partial charge in [0.25, 0.3) is 5.91 Å². The summed E-state index contributed by atoms with van der Waals surface area (Å²) in [5.74, 6) is -0.171. The fraction of sp³-hybridized carbons (Fsp3) is 0.579. The largest absolute Gasteiger partial charge is 0.490 e. The maximum absolute atomic E-state index is 14.4. The minimum atomic E-state index is -3.30. The highest BCUT2D eigenvalue weighted by Crippen LogP contribution is 2.47. The number of rotatable bonds is 3. The molecule has 2 aromatic carbocycles. The van der Waals surface area contributed by atoms with E-state index in [0.29, 0.717) is 42.6 Å². The Hall–Kier alpha value is -3.22. The fourth-order valence-corrected chi connectivity index (χ4v) is 11.7. The first-order valence-electron chi connectivity index (χ1n) is 18.0. The number of benzene rings is 2. The third-order valence-electron chi connectivity index (χ3n) is 11.6. The predicted octanol–water partition coefficient (Wildman–Crippen LogP) is 4.72. The van der Waals surface area contributed by atoms with Crippen molar-refractivity contribution in [1.29, 1.82) is 0 Å². The normalized spacial score (nSPS) is 31.6. The van der Waals surface area contributed by atoms with Gasteiger partial charge >= 0.3 is 0 Å². The van der Waals surface area contributed by atoms with Crippen molar-refractivity contribution in [2.75, 3.05) is 67.8 Å². The molecule has 0 N–H and O–H groups in total. The van der Waals surface area contributed by atoms with Gasteiger partial charge < -0.3 is 19.3 Å². The van der Waals surface area contributed by atoms with E-state index in [1.165, 1.54) is 21.6 Å². The van der Waals surface area contributed by atoms with Gasteiger partial charge in [0.15, 0.2) is 9.84 Å². The van der Waals surface area contributed by atoms with Crippen LogP contribution in [0.5, 0.6) is 5.75 Å². The van der Waals surface area contributed by atoms with E-state index >= 15 is 0 Å². The molecule has 0 aromatic heterocycles. The molecule has 270 valence electrons. The highest BCUT2D eigenvalue weighted by Gasteiger charge is 2.44. The van der Waals surface area contributed by atoms with Gasteiger partial charge in [0.1, 0.15) is 11.5 Å². The number of methoxy groups -OCH3 is 1. The molecule has 2 fully saturated rings. The van der Waals surface area contributed by atoms with Crippen LogP contribution in [0.15, 0.2) is 52.9 Å². The molecule has 0 unspecified atom stereocenters. The first-order chi connectivity index (χ1) is 24.0. The quantitative estimate of drug-likeness (QED) is 0.417. The van der Waals surface area contributed by atoms with Gasteiger partial charge in [-0.2, -0.15) is 4.36 Å². The number of hydrogen-bond donors (Lipinski definition) is 0. The number of allylic oxidation sites excluding steroid dienone is 1. The number of aryl methyl sites for hydroxylation is 2. The van der Waals surface area contributed by atoms with Crippen molar-refractivity contribution in [2.24, 2.45) is 16.2 Å². The number of carbonyl (C=O) groups is 2. The van der Waals surface area contributed by atoms with Gasteiger partial charge in [-0.1, -0.05) is 35.9 Å². The van der Waals surface area contributed by atoms with Crippen molar-refractivity contribution in [1.82, 2.24) is 4.90 Å². The van der Waals surface area contributed by atoms with Crippen molar-refractivity contribution < 1.29 is 31.7 Å². The number of anilines is 1. The van der Waals surface area contributed by atoms with Crippen LogP contribution in [-0.4, -0.2) is 98.4 Å². The van der Waals surface area contributed by atoms with Gasteiger partial charge in [-0.05, 0) is 93.0 Å². The summed E-state index contributed by atoms with van der Waals surface area (Å²) in [5, 5.41) is 0. The zero-order valence-corrected chi connectivity index (χ0v) is 30.8. The topological polar surface area (TPSA) is 123 Å². The molecule has 1 saturated carbocycles. The molecule has 10 nitrogen and oxygen atoms in total. The van der Waals surface area contributed by atoms with E-state index in [1.807, 2.05) is 12.1 Å². The summed E-state index contributed by atoms with van der Waals surface area (Å²) in [6.07, 6.45) is 10.5. The Bertz CT molecular complexity index is 1900. The monoisotopic (exact) mass is 723 g/mol. The van der Waals surface area contributed by atoms with E-state index in [4.69, 9.17) is 9.47 Å². The number of fused-ring (bicyclic) bond motifs is 4. The van der Waals surface area contributed by atoms with Gasteiger partial charge in [0, 0.05) is 50.0 Å². The van der Waals surface area contributed by atoms with Gasteiger partial charge in [0.2, 0.25) is 5.91 Å². The predicted molar refractivity (Wildman–Crippen MR) is 195 cm³/mol. The number of amides is 2. The molecule has 50 heavy (non-hydrogen) atoms. The Labute approximate surface area is 296 Å². The summed E-state index contributed by atoms with van der Waals surface area (Å²) < 4.78 is 55.3. The summed E-state index contributed by atoms with van der Waals surface area (Å²) >= 11 is 0. The molecule has 12 heteroatoms. The van der Waals surface area contributed by atoms with Crippen LogP contribution in [0.2, 0.25) is 0 Å². The van der Waals surface area contributed by atoms with Crippen LogP contribution in [0.3, 0.4) is 0 Å². The lowest BCUT2D eigenvalue weighted by atomic mass is 9.68. The van der Waals surface area contributed by atoms with E-state index in [-0.39, 0.29) is 41.9 Å². The Kier molecular flexibility index (Phi) is 9.90. The molecular formula is C38H49N3O7S2. The van der Waals surface area contributed by atoms with Gasteiger partial charge in [-0.15, -0.1) is 0 Å². The van der Waals surface area contributed by atoms with Crippen molar-refractivity contribution in [3.63, 3.8) is 0 Å². The molecule has 5 atom stereocenters. The minimum absolute atomic E-state index is 0.0457. The average molecular weight is 724 g/mol. The number of hydrogen-bond acceptors (Lipinski definition) is 8. The molecule has 2 amide bonds. The molecule has 0 radical (unpaired) electrons. The number of sulfone groups is 1. The van der Waals surface area contributed by atoms with Crippen LogP contribution in [0.25, 0.3) is 0 Å². The van der Waals surface area contributed by atoms with Crippen LogP contribution < -0.4 is 9.64 Å². The Morgan fingerprint density at radius 3 is 2.64 bits per heavy atom. The molecule has 1 spiro atoms. The molecule has 5 aliphatic rings. The third-order valence-corrected chi connectivity index (χ3v) is 15.3. The van der Waals surface area contributed by atoms with Crippen molar-refractivity contribution in [3.8, 4) is 5.75 Å². The second kappa shape index (κ2) is 14.1. The summed E-state index contributed by atoms with van der Waals surface area (Å²) in [7, 11) is -4.73. The number of nitrogens with zero attached hydrogens (tertiary/aromatic N) is 3. The average Bonchev–Trinajstić information content (AvgIpc) is 3.22. The second-order valence-electron chi connectivity index (χ2n) is 15.0. The van der Waals surface area contributed by atoms with Gasteiger partial charge in [-0.25, -0.2) is 12.6 Å². The number of carbonyl (C=O) groups excluding carboxylic acids is 2. The van der Waals surface area contributed by atoms with Crippen LogP contribution in [0.4, 0.5) is 5.69 Å². The standard InChI is InChI=1S/C38H49N3O7S2/c1-27-9-13-32-28(21-27)7-6-15-38(32)25-41-23-30-10-12-31(30)34(47-2)8-4-3-5-18-49(44,24-36(42)40-16-19-50(45,46)20-17-40)39-37(43)29-11-14-35(48-26-38)33(41)22-29/h4,8-9,11,13-14,21-22,30-31,34H,3,5-7,10,12,15-20,23-26H2,1-2H3/b8-4+/t30-,31+,34-,38-,49+/m0/s1. The Balaban J connectivity index is 1.26. The summed E-state index contributed by atoms with van der Waals surface area (Å²) in [6.45, 7) is 4.33. The van der Waals surface area contributed by atoms with Crippen molar-refractivity contribution in [2.45, 2.75) is 63.4 Å². The molecule has 2 bridgehead atoms. The van der Waals surface area contributed by atoms with E-state index < -0.39 is 37.1 Å². The highest BCUT2D eigenvalue weighted by molar-refractivity contribution is 7.94. The number of ether oxygens (including phenoxy) is 2. The van der Waals surface area contributed by atoms with E-state index in [2.05, 4.69) is 46.5 Å². The molecule has 3 aliphatic heterocycles. The zero-order chi connectivity index (χ0) is 35.1. The van der Waals surface area contributed by atoms with E-state index in [0.717, 1.165) is 50.9 Å². The fourth-order valence-electron chi connectivity index (χ4n) is 8.60. The van der Waals surface area contributed by atoms with Crippen LogP contribution in [-0.2, 0) is 40.9 Å². The highest BCUT2D eigenvalue weighted by atomic mass is 32.2. The Morgan fingerprint density at radius 1 is 1.06 bits per heavy atom. The lowest BCUT2D eigenvalue weighted by molar-refractivity contribution is -0.128. The van der Waals surface area contributed by atoms with Crippen LogP contribution in [0.1, 0.15) is 65.6 Å². The molecule has 2 aliphatic carbocycles. The van der Waals surface area contributed by atoms with Crippen molar-refractivity contribution >= 4 is 37.1 Å².